The highest BCUT2D eigenvalue weighted by atomic mass is 15.1. The zero-order valence-corrected chi connectivity index (χ0v) is 8.30. The second kappa shape index (κ2) is 5.79. The minimum absolute atomic E-state index is 0.332. The quantitative estimate of drug-likeness (QED) is 0.585. The van der Waals surface area contributed by atoms with Crippen molar-refractivity contribution in [3.63, 3.8) is 0 Å². The molecule has 2 heteroatoms. The molecule has 0 aliphatic heterocycles. The maximum atomic E-state index is 8.48. The van der Waals surface area contributed by atoms with Crippen molar-refractivity contribution >= 4 is 0 Å². The monoisotopic (exact) mass is 166 g/mol. The van der Waals surface area contributed by atoms with Crippen molar-refractivity contribution < 1.29 is 0 Å². The van der Waals surface area contributed by atoms with Crippen molar-refractivity contribution in [1.29, 1.82) is 5.26 Å². The summed E-state index contributed by atoms with van der Waals surface area (Å²) in [4.78, 5) is 2.16. The van der Waals surface area contributed by atoms with Crippen LogP contribution in [0.5, 0.6) is 0 Å². The van der Waals surface area contributed by atoms with Crippen LogP contribution in [0.2, 0.25) is 0 Å². The van der Waals surface area contributed by atoms with Gasteiger partial charge in [0.2, 0.25) is 0 Å². The third-order valence-corrected chi connectivity index (χ3v) is 2.11. The van der Waals surface area contributed by atoms with Gasteiger partial charge in [0.15, 0.2) is 0 Å². The maximum Gasteiger partial charge on any atom is 0.0638 e. The van der Waals surface area contributed by atoms with Crippen LogP contribution >= 0.6 is 0 Å². The highest BCUT2D eigenvalue weighted by Gasteiger charge is 2.08. The largest absolute Gasteiger partial charge is 0.299 e. The van der Waals surface area contributed by atoms with Crippen LogP contribution < -0.4 is 0 Å². The van der Waals surface area contributed by atoms with E-state index >= 15 is 0 Å². The molecule has 12 heavy (non-hydrogen) atoms. The number of hydrogen-bond acceptors (Lipinski definition) is 2. The van der Waals surface area contributed by atoms with E-state index in [0.29, 0.717) is 12.5 Å². The Hall–Kier alpha value is -0.810. The topological polar surface area (TPSA) is 27.0 Å². The van der Waals surface area contributed by atoms with Gasteiger partial charge in [0.05, 0.1) is 12.5 Å². The lowest BCUT2D eigenvalue weighted by Gasteiger charge is -2.23. The molecular weight excluding hydrogens is 148 g/mol. The van der Waals surface area contributed by atoms with Gasteiger partial charge in [-0.05, 0) is 20.4 Å². The molecule has 0 spiro atoms. The highest BCUT2D eigenvalue weighted by Crippen LogP contribution is 2.05. The van der Waals surface area contributed by atoms with Gasteiger partial charge in [-0.3, -0.25) is 4.90 Å². The second-order valence-corrected chi connectivity index (χ2v) is 3.23. The van der Waals surface area contributed by atoms with E-state index in [1.807, 2.05) is 7.05 Å². The normalized spacial score (nSPS) is 12.6. The Kier molecular flexibility index (Phi) is 5.40. The summed E-state index contributed by atoms with van der Waals surface area (Å²) in [6.07, 6.45) is 1.61. The number of hydrogen-bond donors (Lipinski definition) is 0. The molecule has 0 fully saturated rings. The molecule has 0 aliphatic carbocycles. The molecule has 0 rings (SSSR count). The number of likely N-dealkylation sites (N-methyl/N-ethyl adjacent to an activating group) is 1. The first-order valence-corrected chi connectivity index (χ1v) is 4.35. The molecule has 0 bridgehead atoms. The van der Waals surface area contributed by atoms with Crippen molar-refractivity contribution in [1.82, 2.24) is 4.90 Å². The van der Waals surface area contributed by atoms with Crippen LogP contribution in [0.15, 0.2) is 12.2 Å². The Bertz CT molecular complexity index is 179. The number of nitriles is 1. The van der Waals surface area contributed by atoms with Crippen LogP contribution in [-0.4, -0.2) is 24.5 Å². The van der Waals surface area contributed by atoms with Crippen LogP contribution in [0.4, 0.5) is 0 Å². The fourth-order valence-electron chi connectivity index (χ4n) is 0.908. The molecule has 68 valence electrons. The van der Waals surface area contributed by atoms with Gasteiger partial charge in [0, 0.05) is 12.6 Å². The van der Waals surface area contributed by atoms with Crippen molar-refractivity contribution in [2.24, 2.45) is 0 Å². The summed E-state index contributed by atoms with van der Waals surface area (Å²) in [5.74, 6) is 0. The summed E-state index contributed by atoms with van der Waals surface area (Å²) in [6, 6.07) is 2.50. The Morgan fingerprint density at radius 1 is 1.67 bits per heavy atom. The van der Waals surface area contributed by atoms with Gasteiger partial charge in [-0.1, -0.05) is 19.1 Å². The molecule has 0 N–H and O–H groups in total. The number of rotatable bonds is 5. The molecule has 0 heterocycles. The van der Waals surface area contributed by atoms with E-state index in [9.17, 15) is 0 Å². The lowest BCUT2D eigenvalue weighted by atomic mass is 10.2. The van der Waals surface area contributed by atoms with E-state index in [2.05, 4.69) is 31.4 Å². The van der Waals surface area contributed by atoms with Crippen LogP contribution in [0.3, 0.4) is 0 Å². The Morgan fingerprint density at radius 2 is 2.25 bits per heavy atom. The summed E-state index contributed by atoms with van der Waals surface area (Å²) in [7, 11) is 2.03. The lowest BCUT2D eigenvalue weighted by Crippen LogP contribution is -2.30. The fourth-order valence-corrected chi connectivity index (χ4v) is 0.908. The molecule has 1 unspecified atom stereocenters. The minimum Gasteiger partial charge on any atom is -0.299 e. The van der Waals surface area contributed by atoms with E-state index in [-0.39, 0.29) is 0 Å². The van der Waals surface area contributed by atoms with E-state index in [0.717, 1.165) is 13.0 Å². The van der Waals surface area contributed by atoms with Gasteiger partial charge in [0.1, 0.15) is 0 Å². The van der Waals surface area contributed by atoms with Crippen molar-refractivity contribution in [2.75, 3.05) is 13.6 Å². The van der Waals surface area contributed by atoms with Crippen LogP contribution in [0.25, 0.3) is 0 Å². The van der Waals surface area contributed by atoms with Crippen molar-refractivity contribution in [3.8, 4) is 6.07 Å². The zero-order chi connectivity index (χ0) is 9.56. The van der Waals surface area contributed by atoms with E-state index in [1.165, 1.54) is 5.57 Å². The first kappa shape index (κ1) is 11.2. The molecule has 1 atom stereocenters. The standard InChI is InChI=1S/C10H18N2/c1-5-9(2)8-12(4)10(3)6-7-11/h10H,2,5-6,8H2,1,3-4H3. The average molecular weight is 166 g/mol. The molecule has 0 saturated heterocycles. The van der Waals surface area contributed by atoms with Crippen LogP contribution in [0, 0.1) is 11.3 Å². The Labute approximate surface area is 75.5 Å². The van der Waals surface area contributed by atoms with Gasteiger partial charge < -0.3 is 0 Å². The van der Waals surface area contributed by atoms with E-state index in [1.54, 1.807) is 0 Å². The van der Waals surface area contributed by atoms with Crippen molar-refractivity contribution in [3.05, 3.63) is 12.2 Å². The van der Waals surface area contributed by atoms with E-state index < -0.39 is 0 Å². The van der Waals surface area contributed by atoms with Gasteiger partial charge in [-0.2, -0.15) is 5.26 Å². The van der Waals surface area contributed by atoms with Gasteiger partial charge in [-0.15, -0.1) is 0 Å². The Balaban J connectivity index is 3.79. The first-order valence-electron chi connectivity index (χ1n) is 4.35. The summed E-state index contributed by atoms with van der Waals surface area (Å²) in [6.45, 7) is 9.00. The van der Waals surface area contributed by atoms with Crippen LogP contribution in [-0.2, 0) is 0 Å². The van der Waals surface area contributed by atoms with E-state index in [4.69, 9.17) is 5.26 Å². The fraction of sp³-hybridized carbons (Fsp3) is 0.700. The summed E-state index contributed by atoms with van der Waals surface area (Å²) in [5.41, 5.74) is 1.22. The predicted molar refractivity (Wildman–Crippen MR) is 51.8 cm³/mol. The highest BCUT2D eigenvalue weighted by molar-refractivity contribution is 4.96. The SMILES string of the molecule is C=C(CC)CN(C)C(C)CC#N. The molecule has 0 aromatic heterocycles. The summed E-state index contributed by atoms with van der Waals surface area (Å²) >= 11 is 0. The second-order valence-electron chi connectivity index (χ2n) is 3.23. The van der Waals surface area contributed by atoms with Gasteiger partial charge >= 0.3 is 0 Å². The third kappa shape index (κ3) is 4.15. The first-order chi connectivity index (χ1) is 5.61. The third-order valence-electron chi connectivity index (χ3n) is 2.11. The van der Waals surface area contributed by atoms with Gasteiger partial charge in [-0.25, -0.2) is 0 Å². The number of nitrogens with zero attached hydrogens (tertiary/aromatic N) is 2. The van der Waals surface area contributed by atoms with Crippen molar-refractivity contribution in [2.45, 2.75) is 32.7 Å². The zero-order valence-electron chi connectivity index (χ0n) is 8.30. The molecular formula is C10H18N2. The summed E-state index contributed by atoms with van der Waals surface area (Å²) in [5, 5.41) is 8.48. The molecule has 2 nitrogen and oxygen atoms in total. The average Bonchev–Trinajstić information content (AvgIpc) is 2.04. The smallest absolute Gasteiger partial charge is 0.0638 e. The predicted octanol–water partition coefficient (Wildman–Crippen LogP) is 2.19. The maximum absolute atomic E-state index is 8.48. The molecule has 0 aromatic rings. The summed E-state index contributed by atoms with van der Waals surface area (Å²) < 4.78 is 0. The van der Waals surface area contributed by atoms with Gasteiger partial charge in [0.25, 0.3) is 0 Å². The molecule has 0 radical (unpaired) electrons. The lowest BCUT2D eigenvalue weighted by molar-refractivity contribution is 0.280. The molecule has 0 saturated carbocycles. The minimum atomic E-state index is 0.332. The molecule has 0 aliphatic rings. The van der Waals surface area contributed by atoms with Crippen LogP contribution in [0.1, 0.15) is 26.7 Å². The molecule has 0 aromatic carbocycles. The Morgan fingerprint density at radius 3 is 2.67 bits per heavy atom. The molecule has 0 amide bonds.